The zero-order valence-corrected chi connectivity index (χ0v) is 10.3. The number of carbonyl (C=O) groups is 2. The maximum absolute atomic E-state index is 11.4. The van der Waals surface area contributed by atoms with Crippen LogP contribution >= 0.6 is 22.6 Å². The van der Waals surface area contributed by atoms with Gasteiger partial charge >= 0.3 is 11.9 Å². The summed E-state index contributed by atoms with van der Waals surface area (Å²) in [7, 11) is 0. The van der Waals surface area contributed by atoms with E-state index in [-0.39, 0.29) is 9.84 Å². The van der Waals surface area contributed by atoms with Crippen molar-refractivity contribution in [3.63, 3.8) is 0 Å². The number of rotatable bonds is 3. The van der Waals surface area contributed by atoms with E-state index < -0.39 is 17.9 Å². The predicted octanol–water partition coefficient (Wildman–Crippen LogP) is 1.16. The zero-order valence-electron chi connectivity index (χ0n) is 8.16. The molecule has 0 aromatic carbocycles. The van der Waals surface area contributed by atoms with Gasteiger partial charge < -0.3 is 9.47 Å². The molecule has 0 aromatic rings. The Kier molecular flexibility index (Phi) is 4.15. The van der Waals surface area contributed by atoms with Gasteiger partial charge in [-0.15, -0.1) is 0 Å². The average Bonchev–Trinajstić information content (AvgIpc) is 2.47. The minimum atomic E-state index is -0.721. The topological polar surface area (TPSA) is 52.6 Å². The van der Waals surface area contributed by atoms with E-state index >= 15 is 0 Å². The average molecular weight is 312 g/mol. The molecule has 0 N–H and O–H groups in total. The van der Waals surface area contributed by atoms with Crippen LogP contribution in [0.15, 0.2) is 0 Å². The molecular weight excluding hydrogens is 299 g/mol. The molecule has 1 aliphatic heterocycles. The van der Waals surface area contributed by atoms with E-state index in [1.54, 1.807) is 6.92 Å². The highest BCUT2D eigenvalue weighted by atomic mass is 127. The van der Waals surface area contributed by atoms with E-state index in [9.17, 15) is 9.59 Å². The molecular formula is C9H13IO4. The lowest BCUT2D eigenvalue weighted by molar-refractivity contribution is -0.156. The minimum Gasteiger partial charge on any atom is -0.465 e. The first kappa shape index (κ1) is 11.7. The van der Waals surface area contributed by atoms with Crippen molar-refractivity contribution in [2.45, 2.75) is 17.8 Å². The molecule has 1 rings (SSSR count). The fourth-order valence-corrected chi connectivity index (χ4v) is 2.06. The summed E-state index contributed by atoms with van der Waals surface area (Å²) in [5.41, 5.74) is 0. The number of carbonyl (C=O) groups excluding carboxylic acids is 2. The molecule has 3 unspecified atom stereocenters. The molecule has 0 radical (unpaired) electrons. The highest BCUT2D eigenvalue weighted by molar-refractivity contribution is 14.1. The van der Waals surface area contributed by atoms with Crippen molar-refractivity contribution >= 4 is 34.5 Å². The lowest BCUT2D eigenvalue weighted by Crippen LogP contribution is -2.31. The molecule has 4 nitrogen and oxygen atoms in total. The summed E-state index contributed by atoms with van der Waals surface area (Å²) in [6.45, 7) is 4.30. The van der Waals surface area contributed by atoms with Gasteiger partial charge in [0.25, 0.3) is 0 Å². The van der Waals surface area contributed by atoms with Gasteiger partial charge in [-0.25, -0.2) is 0 Å². The van der Waals surface area contributed by atoms with Crippen LogP contribution in [0.25, 0.3) is 0 Å². The Hall–Kier alpha value is -0.330. The monoisotopic (exact) mass is 312 g/mol. The Morgan fingerprint density at radius 1 is 1.79 bits per heavy atom. The van der Waals surface area contributed by atoms with Crippen LogP contribution in [0.2, 0.25) is 0 Å². The standard InChI is InChI=1S/C9H13IO4/c1-3-13-8(11)7-6(5(2)10)4-14-9(7)12/h5-7H,3-4H2,1-2H3. The zero-order chi connectivity index (χ0) is 10.7. The van der Waals surface area contributed by atoms with E-state index in [1.807, 2.05) is 6.92 Å². The summed E-state index contributed by atoms with van der Waals surface area (Å²) in [6, 6.07) is 0. The second kappa shape index (κ2) is 4.95. The van der Waals surface area contributed by atoms with Crippen molar-refractivity contribution in [2.24, 2.45) is 11.8 Å². The quantitative estimate of drug-likeness (QED) is 0.340. The fraction of sp³-hybridized carbons (Fsp3) is 0.778. The minimum absolute atomic E-state index is 0.0536. The number of hydrogen-bond acceptors (Lipinski definition) is 4. The smallest absolute Gasteiger partial charge is 0.320 e. The molecule has 3 atom stereocenters. The Bertz CT molecular complexity index is 239. The highest BCUT2D eigenvalue weighted by Crippen LogP contribution is 2.30. The summed E-state index contributed by atoms with van der Waals surface area (Å²) in [6.07, 6.45) is 0. The molecule has 0 spiro atoms. The van der Waals surface area contributed by atoms with Gasteiger partial charge in [-0.3, -0.25) is 9.59 Å². The van der Waals surface area contributed by atoms with Crippen molar-refractivity contribution in [1.29, 1.82) is 0 Å². The molecule has 1 aliphatic rings. The van der Waals surface area contributed by atoms with E-state index in [0.717, 1.165) is 0 Å². The van der Waals surface area contributed by atoms with Gasteiger partial charge in [-0.1, -0.05) is 29.5 Å². The van der Waals surface area contributed by atoms with Gasteiger partial charge in [-0.2, -0.15) is 0 Å². The SMILES string of the molecule is CCOC(=O)C1C(=O)OCC1C(C)I. The van der Waals surface area contributed by atoms with Crippen molar-refractivity contribution in [3.8, 4) is 0 Å². The van der Waals surface area contributed by atoms with Crippen molar-refractivity contribution in [2.75, 3.05) is 13.2 Å². The van der Waals surface area contributed by atoms with Gasteiger partial charge in [-0.05, 0) is 6.92 Å². The predicted molar refractivity (Wildman–Crippen MR) is 58.1 cm³/mol. The normalized spacial score (nSPS) is 28.4. The second-order valence-electron chi connectivity index (χ2n) is 3.20. The van der Waals surface area contributed by atoms with Crippen LogP contribution in [0, 0.1) is 11.8 Å². The van der Waals surface area contributed by atoms with Crippen molar-refractivity contribution in [1.82, 2.24) is 0 Å². The molecule has 0 bridgehead atoms. The van der Waals surface area contributed by atoms with Gasteiger partial charge in [0.15, 0.2) is 5.92 Å². The van der Waals surface area contributed by atoms with Crippen LogP contribution in [-0.2, 0) is 19.1 Å². The maximum Gasteiger partial charge on any atom is 0.320 e. The summed E-state index contributed by atoms with van der Waals surface area (Å²) in [4.78, 5) is 22.7. The highest BCUT2D eigenvalue weighted by Gasteiger charge is 2.45. The summed E-state index contributed by atoms with van der Waals surface area (Å²) in [5, 5.41) is 0. The second-order valence-corrected chi connectivity index (χ2v) is 5.17. The number of cyclic esters (lactones) is 1. The number of halogens is 1. The van der Waals surface area contributed by atoms with Crippen molar-refractivity contribution < 1.29 is 19.1 Å². The van der Waals surface area contributed by atoms with E-state index in [2.05, 4.69) is 22.6 Å². The van der Waals surface area contributed by atoms with E-state index in [4.69, 9.17) is 9.47 Å². The van der Waals surface area contributed by atoms with Crippen LogP contribution < -0.4 is 0 Å². The van der Waals surface area contributed by atoms with Crippen LogP contribution in [0.3, 0.4) is 0 Å². The Morgan fingerprint density at radius 2 is 2.43 bits per heavy atom. The third-order valence-electron chi connectivity index (χ3n) is 2.23. The van der Waals surface area contributed by atoms with Gasteiger partial charge in [0.1, 0.15) is 0 Å². The molecule has 14 heavy (non-hydrogen) atoms. The summed E-state index contributed by atoms with van der Waals surface area (Å²) >= 11 is 2.19. The Labute approximate surface area is 96.5 Å². The number of ether oxygens (including phenoxy) is 2. The number of alkyl halides is 1. The van der Waals surface area contributed by atoms with Crippen molar-refractivity contribution in [3.05, 3.63) is 0 Å². The molecule has 0 aromatic heterocycles. The lowest BCUT2D eigenvalue weighted by atomic mass is 9.93. The molecule has 0 amide bonds. The first-order chi connectivity index (χ1) is 6.57. The Balaban J connectivity index is 2.71. The molecule has 0 saturated carbocycles. The molecule has 80 valence electrons. The lowest BCUT2D eigenvalue weighted by Gasteiger charge is -2.15. The molecule has 0 aliphatic carbocycles. The third kappa shape index (κ3) is 2.37. The number of esters is 2. The largest absolute Gasteiger partial charge is 0.465 e. The van der Waals surface area contributed by atoms with Gasteiger partial charge in [0, 0.05) is 9.84 Å². The van der Waals surface area contributed by atoms with Gasteiger partial charge in [0.2, 0.25) is 0 Å². The summed E-state index contributed by atoms with van der Waals surface area (Å²) in [5.74, 6) is -1.68. The van der Waals surface area contributed by atoms with Crippen LogP contribution in [-0.4, -0.2) is 29.1 Å². The van der Waals surface area contributed by atoms with E-state index in [0.29, 0.717) is 13.2 Å². The maximum atomic E-state index is 11.4. The number of hydrogen-bond donors (Lipinski definition) is 0. The van der Waals surface area contributed by atoms with Crippen LogP contribution in [0.5, 0.6) is 0 Å². The first-order valence-corrected chi connectivity index (χ1v) is 5.79. The van der Waals surface area contributed by atoms with Crippen LogP contribution in [0.1, 0.15) is 13.8 Å². The summed E-state index contributed by atoms with van der Waals surface area (Å²) < 4.78 is 9.91. The van der Waals surface area contributed by atoms with E-state index in [1.165, 1.54) is 0 Å². The molecule has 1 fully saturated rings. The Morgan fingerprint density at radius 3 is 2.93 bits per heavy atom. The van der Waals surface area contributed by atoms with Gasteiger partial charge in [0.05, 0.1) is 13.2 Å². The first-order valence-electron chi connectivity index (χ1n) is 4.55. The molecule has 1 heterocycles. The van der Waals surface area contributed by atoms with Crippen LogP contribution in [0.4, 0.5) is 0 Å². The third-order valence-corrected chi connectivity index (χ3v) is 3.15. The molecule has 1 saturated heterocycles. The fourth-order valence-electron chi connectivity index (χ4n) is 1.44. The molecule has 5 heteroatoms.